The standard InChI is InChI=1S/C21H26N2O5/c1-12(2)10-17(21(27)28-11-18(24)22-13(3)14-8-9-14)23-19(25)15-6-4-5-7-16(15)20(23)26/h4-7,12-14,17H,8-11H2,1-3H3,(H,22,24)/t13-,17-/m1/s1. The molecule has 28 heavy (non-hydrogen) atoms. The number of rotatable bonds is 8. The monoisotopic (exact) mass is 386 g/mol. The van der Waals surface area contributed by atoms with Crippen LogP contribution in [0.1, 0.15) is 60.7 Å². The first-order valence-corrected chi connectivity index (χ1v) is 9.72. The van der Waals surface area contributed by atoms with Gasteiger partial charge in [0.25, 0.3) is 17.7 Å². The third kappa shape index (κ3) is 4.24. The molecule has 1 heterocycles. The largest absolute Gasteiger partial charge is 0.454 e. The number of hydrogen-bond donors (Lipinski definition) is 1. The van der Waals surface area contributed by atoms with Crippen LogP contribution in [-0.4, -0.2) is 47.3 Å². The number of carbonyl (C=O) groups excluding carboxylic acids is 4. The predicted octanol–water partition coefficient (Wildman–Crippen LogP) is 2.16. The molecule has 1 aromatic rings. The molecule has 0 bridgehead atoms. The van der Waals surface area contributed by atoms with Crippen molar-refractivity contribution in [2.45, 2.75) is 52.1 Å². The summed E-state index contributed by atoms with van der Waals surface area (Å²) in [4.78, 5) is 51.1. The van der Waals surface area contributed by atoms with Gasteiger partial charge in [0.1, 0.15) is 6.04 Å². The van der Waals surface area contributed by atoms with Crippen LogP contribution in [0.15, 0.2) is 24.3 Å². The maximum Gasteiger partial charge on any atom is 0.329 e. The molecular weight excluding hydrogens is 360 g/mol. The number of imide groups is 1. The summed E-state index contributed by atoms with van der Waals surface area (Å²) in [6.07, 6.45) is 2.46. The molecule has 0 unspecified atom stereocenters. The fourth-order valence-corrected chi connectivity index (χ4v) is 3.49. The van der Waals surface area contributed by atoms with E-state index in [0.29, 0.717) is 5.92 Å². The van der Waals surface area contributed by atoms with Gasteiger partial charge >= 0.3 is 5.97 Å². The lowest BCUT2D eigenvalue weighted by molar-refractivity contribution is -0.153. The first-order valence-electron chi connectivity index (χ1n) is 9.72. The maximum atomic E-state index is 12.7. The highest BCUT2D eigenvalue weighted by molar-refractivity contribution is 6.22. The van der Waals surface area contributed by atoms with Gasteiger partial charge in [0, 0.05) is 6.04 Å². The average molecular weight is 386 g/mol. The van der Waals surface area contributed by atoms with Crippen LogP contribution in [0.3, 0.4) is 0 Å². The Morgan fingerprint density at radius 3 is 2.18 bits per heavy atom. The third-order valence-corrected chi connectivity index (χ3v) is 5.17. The first-order chi connectivity index (χ1) is 13.3. The van der Waals surface area contributed by atoms with Crippen molar-refractivity contribution in [1.82, 2.24) is 10.2 Å². The summed E-state index contributed by atoms with van der Waals surface area (Å²) in [6, 6.07) is 5.48. The Balaban J connectivity index is 1.68. The smallest absolute Gasteiger partial charge is 0.329 e. The molecule has 3 rings (SSSR count). The molecular formula is C21H26N2O5. The lowest BCUT2D eigenvalue weighted by atomic mass is 10.0. The van der Waals surface area contributed by atoms with Crippen molar-refractivity contribution in [2.75, 3.05) is 6.61 Å². The highest BCUT2D eigenvalue weighted by Crippen LogP contribution is 2.32. The summed E-state index contributed by atoms with van der Waals surface area (Å²) >= 11 is 0. The van der Waals surface area contributed by atoms with Gasteiger partial charge in [-0.3, -0.25) is 19.3 Å². The summed E-state index contributed by atoms with van der Waals surface area (Å²) in [5.41, 5.74) is 0.565. The Morgan fingerprint density at radius 2 is 1.68 bits per heavy atom. The molecule has 7 nitrogen and oxygen atoms in total. The summed E-state index contributed by atoms with van der Waals surface area (Å²) in [5, 5.41) is 2.81. The van der Waals surface area contributed by atoms with E-state index in [1.54, 1.807) is 24.3 Å². The normalized spacial score (nSPS) is 18.1. The highest BCUT2D eigenvalue weighted by Gasteiger charge is 2.43. The number of benzene rings is 1. The Hall–Kier alpha value is -2.70. The molecule has 0 spiro atoms. The molecule has 3 amide bonds. The van der Waals surface area contributed by atoms with Crippen LogP contribution in [0.4, 0.5) is 0 Å². The van der Waals surface area contributed by atoms with E-state index < -0.39 is 30.4 Å². The van der Waals surface area contributed by atoms with Gasteiger partial charge in [0.05, 0.1) is 11.1 Å². The molecule has 1 saturated carbocycles. The minimum atomic E-state index is -1.05. The summed E-state index contributed by atoms with van der Waals surface area (Å²) in [7, 11) is 0. The minimum Gasteiger partial charge on any atom is -0.454 e. The average Bonchev–Trinajstić information content (AvgIpc) is 3.47. The molecule has 2 aliphatic rings. The van der Waals surface area contributed by atoms with Crippen molar-refractivity contribution in [3.05, 3.63) is 35.4 Å². The molecule has 1 aliphatic heterocycles. The van der Waals surface area contributed by atoms with Crippen LogP contribution in [-0.2, 0) is 14.3 Å². The number of amides is 3. The number of carbonyl (C=O) groups is 4. The maximum absolute atomic E-state index is 12.7. The van der Waals surface area contributed by atoms with E-state index in [4.69, 9.17) is 4.74 Å². The second kappa shape index (κ2) is 8.12. The molecule has 1 fully saturated rings. The highest BCUT2D eigenvalue weighted by atomic mass is 16.5. The van der Waals surface area contributed by atoms with Gasteiger partial charge in [0.15, 0.2) is 6.61 Å². The zero-order valence-electron chi connectivity index (χ0n) is 16.4. The van der Waals surface area contributed by atoms with Gasteiger partial charge in [-0.1, -0.05) is 26.0 Å². The van der Waals surface area contributed by atoms with Crippen LogP contribution < -0.4 is 5.32 Å². The van der Waals surface area contributed by atoms with Crippen LogP contribution in [0.5, 0.6) is 0 Å². The van der Waals surface area contributed by atoms with Crippen molar-refractivity contribution in [1.29, 1.82) is 0 Å². The first kappa shape index (κ1) is 20.0. The van der Waals surface area contributed by atoms with Crippen LogP contribution in [0, 0.1) is 11.8 Å². The van der Waals surface area contributed by atoms with Gasteiger partial charge < -0.3 is 10.1 Å². The number of nitrogens with one attached hydrogen (secondary N) is 1. The van der Waals surface area contributed by atoms with Gasteiger partial charge in [-0.05, 0) is 50.2 Å². The van der Waals surface area contributed by atoms with Gasteiger partial charge in [0.2, 0.25) is 0 Å². The van der Waals surface area contributed by atoms with Crippen molar-refractivity contribution in [3.63, 3.8) is 0 Å². The van der Waals surface area contributed by atoms with Crippen LogP contribution >= 0.6 is 0 Å². The number of ether oxygens (including phenoxy) is 1. The Morgan fingerprint density at radius 1 is 1.11 bits per heavy atom. The topological polar surface area (TPSA) is 92.8 Å². The van der Waals surface area contributed by atoms with Gasteiger partial charge in [-0.15, -0.1) is 0 Å². The predicted molar refractivity (Wildman–Crippen MR) is 101 cm³/mol. The molecule has 0 aromatic heterocycles. The van der Waals surface area contributed by atoms with Gasteiger partial charge in [-0.2, -0.15) is 0 Å². The molecule has 1 N–H and O–H groups in total. The van der Waals surface area contributed by atoms with E-state index in [1.807, 2.05) is 20.8 Å². The lowest BCUT2D eigenvalue weighted by Gasteiger charge is -2.26. The Labute approximate surface area is 164 Å². The van der Waals surface area contributed by atoms with Gasteiger partial charge in [-0.25, -0.2) is 4.79 Å². The van der Waals surface area contributed by atoms with Crippen molar-refractivity contribution < 1.29 is 23.9 Å². The molecule has 7 heteroatoms. The third-order valence-electron chi connectivity index (χ3n) is 5.17. The molecule has 2 atom stereocenters. The fraction of sp³-hybridized carbons (Fsp3) is 0.524. The zero-order chi connectivity index (χ0) is 20.4. The summed E-state index contributed by atoms with van der Waals surface area (Å²) in [5.74, 6) is -1.59. The van der Waals surface area contributed by atoms with Crippen LogP contribution in [0.25, 0.3) is 0 Å². The number of hydrogen-bond acceptors (Lipinski definition) is 5. The summed E-state index contributed by atoms with van der Waals surface area (Å²) < 4.78 is 5.18. The quantitative estimate of drug-likeness (QED) is 0.546. The van der Waals surface area contributed by atoms with E-state index in [1.165, 1.54) is 0 Å². The van der Waals surface area contributed by atoms with Crippen molar-refractivity contribution in [2.24, 2.45) is 11.8 Å². The van der Waals surface area contributed by atoms with Crippen molar-refractivity contribution >= 4 is 23.7 Å². The molecule has 0 saturated heterocycles. The molecule has 1 aromatic carbocycles. The SMILES string of the molecule is CC(C)C[C@H](C(=O)OCC(=O)N[C@H](C)C1CC1)N1C(=O)c2ccccc2C1=O. The molecule has 150 valence electrons. The summed E-state index contributed by atoms with van der Waals surface area (Å²) in [6.45, 7) is 5.29. The Bertz CT molecular complexity index is 765. The fourth-order valence-electron chi connectivity index (χ4n) is 3.49. The lowest BCUT2D eigenvalue weighted by Crippen LogP contribution is -2.47. The van der Waals surface area contributed by atoms with E-state index >= 15 is 0 Å². The van der Waals surface area contributed by atoms with E-state index in [2.05, 4.69) is 5.32 Å². The molecule has 1 aliphatic carbocycles. The number of esters is 1. The van der Waals surface area contributed by atoms with Crippen molar-refractivity contribution in [3.8, 4) is 0 Å². The zero-order valence-corrected chi connectivity index (χ0v) is 16.4. The Kier molecular flexibility index (Phi) is 5.82. The van der Waals surface area contributed by atoms with E-state index in [0.717, 1.165) is 17.7 Å². The van der Waals surface area contributed by atoms with Crippen LogP contribution in [0.2, 0.25) is 0 Å². The second-order valence-electron chi connectivity index (χ2n) is 7.97. The minimum absolute atomic E-state index is 0.0468. The number of fused-ring (bicyclic) bond motifs is 1. The molecule has 0 radical (unpaired) electrons. The second-order valence-corrected chi connectivity index (χ2v) is 7.97. The van der Waals surface area contributed by atoms with E-state index in [9.17, 15) is 19.2 Å². The van der Waals surface area contributed by atoms with E-state index in [-0.39, 0.29) is 35.4 Å². The number of nitrogens with zero attached hydrogens (tertiary/aromatic N) is 1.